The zero-order valence-electron chi connectivity index (χ0n) is 21.0. The van der Waals surface area contributed by atoms with Gasteiger partial charge in [-0.3, -0.25) is 9.67 Å². The minimum absolute atomic E-state index is 0.145. The molecule has 0 spiro atoms. The summed E-state index contributed by atoms with van der Waals surface area (Å²) in [7, 11) is 0. The topological polar surface area (TPSA) is 89.6 Å². The van der Waals surface area contributed by atoms with Crippen LogP contribution in [0.2, 0.25) is 0 Å². The lowest BCUT2D eigenvalue weighted by Gasteiger charge is -2.37. The Morgan fingerprint density at radius 3 is 2.62 bits per heavy atom. The standard InChI is InChI=1S/C28H28F2N6O/c1-4-16(37)15-36-11-9-21(35-36)23-13-31-14-24(32-23)28-10-8-18(27(28,2)3)17-12-22(33-34-26(17)28)25-19(29)6-5-7-20(25)30/h5-7,9,11-14,16,18,37H,4,8,10,15H2,1-3H3/t16?,18-,28-/m0/s1. The smallest absolute Gasteiger partial charge is 0.135 e. The van der Waals surface area contributed by atoms with E-state index in [0.29, 0.717) is 24.4 Å². The fraction of sp³-hybridized carbons (Fsp3) is 0.393. The van der Waals surface area contributed by atoms with Crippen molar-refractivity contribution in [2.24, 2.45) is 5.41 Å². The molecule has 2 aliphatic carbocycles. The van der Waals surface area contributed by atoms with Gasteiger partial charge in [0.05, 0.1) is 46.9 Å². The van der Waals surface area contributed by atoms with Crippen molar-refractivity contribution in [1.82, 2.24) is 29.9 Å². The Morgan fingerprint density at radius 2 is 1.86 bits per heavy atom. The molecule has 9 heteroatoms. The molecule has 37 heavy (non-hydrogen) atoms. The van der Waals surface area contributed by atoms with Gasteiger partial charge in [-0.15, -0.1) is 5.10 Å². The van der Waals surface area contributed by atoms with Crippen LogP contribution >= 0.6 is 0 Å². The van der Waals surface area contributed by atoms with Crippen LogP contribution in [0, 0.1) is 17.0 Å². The van der Waals surface area contributed by atoms with Crippen molar-refractivity contribution in [1.29, 1.82) is 0 Å². The lowest BCUT2D eigenvalue weighted by atomic mass is 9.66. The molecule has 1 unspecified atom stereocenters. The van der Waals surface area contributed by atoms with Crippen LogP contribution in [0.25, 0.3) is 22.6 Å². The molecule has 0 amide bonds. The number of hydrogen-bond donors (Lipinski definition) is 1. The van der Waals surface area contributed by atoms with E-state index >= 15 is 0 Å². The Labute approximate surface area is 213 Å². The molecule has 2 bridgehead atoms. The zero-order chi connectivity index (χ0) is 25.9. The summed E-state index contributed by atoms with van der Waals surface area (Å²) in [5.74, 6) is -1.17. The van der Waals surface area contributed by atoms with Crippen LogP contribution in [0.15, 0.2) is 48.9 Å². The van der Waals surface area contributed by atoms with Gasteiger partial charge in [0.15, 0.2) is 0 Å². The second-order valence-corrected chi connectivity index (χ2v) is 10.6. The lowest BCUT2D eigenvalue weighted by Crippen LogP contribution is -2.38. The predicted molar refractivity (Wildman–Crippen MR) is 133 cm³/mol. The van der Waals surface area contributed by atoms with Crippen LogP contribution in [0.3, 0.4) is 0 Å². The van der Waals surface area contributed by atoms with E-state index in [1.807, 2.05) is 19.2 Å². The molecule has 0 radical (unpaired) electrons. The quantitative estimate of drug-likeness (QED) is 0.397. The summed E-state index contributed by atoms with van der Waals surface area (Å²) in [5.41, 5.74) is 3.14. The molecule has 6 rings (SSSR count). The molecule has 1 saturated carbocycles. The van der Waals surface area contributed by atoms with Crippen molar-refractivity contribution in [2.45, 2.75) is 64.0 Å². The third kappa shape index (κ3) is 3.43. The molecule has 1 N–H and O–H groups in total. The fourth-order valence-corrected chi connectivity index (χ4v) is 6.40. The normalized spacial score (nSPS) is 22.3. The van der Waals surface area contributed by atoms with Crippen molar-refractivity contribution >= 4 is 0 Å². The van der Waals surface area contributed by atoms with E-state index < -0.39 is 23.2 Å². The second kappa shape index (κ2) is 8.48. The summed E-state index contributed by atoms with van der Waals surface area (Å²) < 4.78 is 30.7. The summed E-state index contributed by atoms with van der Waals surface area (Å²) in [4.78, 5) is 9.54. The first kappa shape index (κ1) is 23.8. The van der Waals surface area contributed by atoms with E-state index in [-0.39, 0.29) is 22.6 Å². The number of hydrogen-bond acceptors (Lipinski definition) is 6. The van der Waals surface area contributed by atoms with E-state index in [1.165, 1.54) is 18.2 Å². The molecular weight excluding hydrogens is 474 g/mol. The molecule has 3 heterocycles. The van der Waals surface area contributed by atoms with Gasteiger partial charge in [-0.25, -0.2) is 13.8 Å². The van der Waals surface area contributed by atoms with Crippen molar-refractivity contribution < 1.29 is 13.9 Å². The Balaban J connectivity index is 1.43. The largest absolute Gasteiger partial charge is 0.391 e. The summed E-state index contributed by atoms with van der Waals surface area (Å²) in [5, 5.41) is 23.5. The number of aliphatic hydroxyl groups excluding tert-OH is 1. The molecule has 1 fully saturated rings. The monoisotopic (exact) mass is 502 g/mol. The van der Waals surface area contributed by atoms with Gasteiger partial charge in [-0.1, -0.05) is 26.8 Å². The van der Waals surface area contributed by atoms with Gasteiger partial charge in [0.25, 0.3) is 0 Å². The highest BCUT2D eigenvalue weighted by molar-refractivity contribution is 5.64. The van der Waals surface area contributed by atoms with E-state index in [2.05, 4.69) is 34.1 Å². The van der Waals surface area contributed by atoms with Gasteiger partial charge in [0, 0.05) is 12.4 Å². The number of aliphatic hydroxyl groups is 1. The number of aromatic nitrogens is 6. The Hall–Kier alpha value is -3.59. The summed E-state index contributed by atoms with van der Waals surface area (Å²) >= 11 is 0. The minimum atomic E-state index is -0.657. The van der Waals surface area contributed by atoms with Crippen molar-refractivity contribution in [2.75, 3.05) is 0 Å². The van der Waals surface area contributed by atoms with E-state index in [4.69, 9.17) is 4.98 Å². The molecule has 0 aliphatic heterocycles. The first-order valence-electron chi connectivity index (χ1n) is 12.6. The molecule has 4 aromatic rings. The molecule has 1 aromatic carbocycles. The summed E-state index contributed by atoms with van der Waals surface area (Å²) in [6, 6.07) is 7.48. The van der Waals surface area contributed by atoms with Gasteiger partial charge in [-0.05, 0) is 60.4 Å². The van der Waals surface area contributed by atoms with Crippen molar-refractivity contribution in [3.63, 3.8) is 0 Å². The number of fused-ring (bicyclic) bond motifs is 5. The number of benzene rings is 1. The van der Waals surface area contributed by atoms with Crippen LogP contribution in [0.5, 0.6) is 0 Å². The zero-order valence-corrected chi connectivity index (χ0v) is 21.0. The highest BCUT2D eigenvalue weighted by atomic mass is 19.1. The summed E-state index contributed by atoms with van der Waals surface area (Å²) in [6.45, 7) is 6.74. The fourth-order valence-electron chi connectivity index (χ4n) is 6.40. The van der Waals surface area contributed by atoms with Gasteiger partial charge in [-0.2, -0.15) is 10.2 Å². The SMILES string of the molecule is CCC(O)Cn1ccc(-c2cncc([C@@]34CC[C@@H](c5cc(-c6c(F)cccc6F)nnc53)C4(C)C)n2)n1. The van der Waals surface area contributed by atoms with Crippen LogP contribution in [-0.4, -0.2) is 41.2 Å². The average molecular weight is 503 g/mol. The molecule has 2 aliphatic rings. The maximum atomic E-state index is 14.5. The van der Waals surface area contributed by atoms with E-state index in [0.717, 1.165) is 29.8 Å². The number of halogens is 2. The Morgan fingerprint density at radius 1 is 1.08 bits per heavy atom. The molecule has 7 nitrogen and oxygen atoms in total. The van der Waals surface area contributed by atoms with Gasteiger partial charge < -0.3 is 5.11 Å². The minimum Gasteiger partial charge on any atom is -0.391 e. The highest BCUT2D eigenvalue weighted by Gasteiger charge is 2.65. The first-order chi connectivity index (χ1) is 17.8. The molecule has 0 saturated heterocycles. The Kier molecular flexibility index (Phi) is 5.45. The third-order valence-electron chi connectivity index (χ3n) is 8.45. The molecule has 3 aromatic heterocycles. The maximum Gasteiger partial charge on any atom is 0.135 e. The summed E-state index contributed by atoms with van der Waals surface area (Å²) in [6.07, 6.45) is 7.22. The third-order valence-corrected chi connectivity index (χ3v) is 8.45. The van der Waals surface area contributed by atoms with Crippen molar-refractivity contribution in [3.8, 4) is 22.6 Å². The number of rotatable bonds is 6. The maximum absolute atomic E-state index is 14.5. The van der Waals surface area contributed by atoms with E-state index in [9.17, 15) is 13.9 Å². The van der Waals surface area contributed by atoms with Crippen LogP contribution in [0.4, 0.5) is 8.78 Å². The van der Waals surface area contributed by atoms with Crippen LogP contribution in [-0.2, 0) is 12.0 Å². The molecule has 3 atom stereocenters. The lowest BCUT2D eigenvalue weighted by molar-refractivity contribution is 0.145. The molecular formula is C28H28F2N6O. The van der Waals surface area contributed by atoms with Gasteiger partial charge >= 0.3 is 0 Å². The molecule has 190 valence electrons. The first-order valence-corrected chi connectivity index (χ1v) is 12.6. The van der Waals surface area contributed by atoms with Crippen molar-refractivity contribution in [3.05, 3.63) is 77.5 Å². The number of nitrogens with zero attached hydrogens (tertiary/aromatic N) is 6. The Bertz CT molecular complexity index is 1480. The van der Waals surface area contributed by atoms with Gasteiger partial charge in [0.2, 0.25) is 0 Å². The van der Waals surface area contributed by atoms with E-state index in [1.54, 1.807) is 23.1 Å². The average Bonchev–Trinajstić information content (AvgIpc) is 3.51. The van der Waals surface area contributed by atoms with Gasteiger partial charge in [0.1, 0.15) is 23.0 Å². The van der Waals surface area contributed by atoms with Crippen LogP contribution in [0.1, 0.15) is 62.9 Å². The predicted octanol–water partition coefficient (Wildman–Crippen LogP) is 5.05. The van der Waals surface area contributed by atoms with Crippen LogP contribution < -0.4 is 0 Å². The second-order valence-electron chi connectivity index (χ2n) is 10.6. The highest BCUT2D eigenvalue weighted by Crippen LogP contribution is 2.69.